The summed E-state index contributed by atoms with van der Waals surface area (Å²) < 4.78 is 0.935. The Labute approximate surface area is 126 Å². The molecule has 0 heterocycles. The van der Waals surface area contributed by atoms with Crippen LogP contribution >= 0.6 is 31.9 Å². The molecule has 100 valence electrons. The van der Waals surface area contributed by atoms with Crippen molar-refractivity contribution in [3.05, 3.63) is 33.8 Å². The van der Waals surface area contributed by atoms with Crippen molar-refractivity contribution < 1.29 is 4.79 Å². The number of halogens is 2. The van der Waals surface area contributed by atoms with Gasteiger partial charge in [0, 0.05) is 21.4 Å². The van der Waals surface area contributed by atoms with E-state index in [4.69, 9.17) is 0 Å². The van der Waals surface area contributed by atoms with Crippen LogP contribution in [0.15, 0.2) is 22.7 Å². The Hall–Kier alpha value is -0.350. The normalized spacial score (nSPS) is 12.6. The zero-order chi connectivity index (χ0) is 13.7. The molecule has 0 aromatic heterocycles. The highest BCUT2D eigenvalue weighted by Gasteiger charge is 2.11. The van der Waals surface area contributed by atoms with Gasteiger partial charge in [-0.3, -0.25) is 4.79 Å². The third-order valence-corrected chi connectivity index (χ3v) is 3.67. The summed E-state index contributed by atoms with van der Waals surface area (Å²) in [7, 11) is 0. The van der Waals surface area contributed by atoms with E-state index in [1.807, 2.05) is 25.1 Å². The van der Waals surface area contributed by atoms with Gasteiger partial charge in [-0.2, -0.15) is 0 Å². The second-order valence-electron chi connectivity index (χ2n) is 4.95. The van der Waals surface area contributed by atoms with E-state index in [1.54, 1.807) is 0 Å². The summed E-state index contributed by atoms with van der Waals surface area (Å²) in [5.41, 5.74) is 1.78. The number of alkyl halides is 1. The minimum atomic E-state index is -0.0207. The van der Waals surface area contributed by atoms with Gasteiger partial charge in [0.25, 0.3) is 5.91 Å². The third kappa shape index (κ3) is 5.53. The van der Waals surface area contributed by atoms with E-state index < -0.39 is 0 Å². The van der Waals surface area contributed by atoms with Crippen LogP contribution in [0.1, 0.15) is 36.2 Å². The van der Waals surface area contributed by atoms with Crippen LogP contribution in [-0.2, 0) is 0 Å². The number of nitrogens with one attached hydrogen (secondary N) is 1. The summed E-state index contributed by atoms with van der Waals surface area (Å²) in [6, 6.07) is 5.72. The first kappa shape index (κ1) is 15.7. The molecule has 4 heteroatoms. The van der Waals surface area contributed by atoms with Crippen LogP contribution in [0, 0.1) is 12.8 Å². The zero-order valence-corrected chi connectivity index (χ0v) is 14.1. The molecule has 1 unspecified atom stereocenters. The molecule has 2 nitrogen and oxygen atoms in total. The Morgan fingerprint density at radius 3 is 2.56 bits per heavy atom. The second-order valence-corrected chi connectivity index (χ2v) is 7.16. The monoisotopic (exact) mass is 375 g/mol. The molecule has 1 aromatic rings. The fourth-order valence-electron chi connectivity index (χ4n) is 1.77. The average Bonchev–Trinajstić information content (AvgIpc) is 2.23. The summed E-state index contributed by atoms with van der Waals surface area (Å²) in [5, 5.41) is 2.95. The number of hydrogen-bond acceptors (Lipinski definition) is 1. The number of carbonyl (C=O) groups is 1. The highest BCUT2D eigenvalue weighted by molar-refractivity contribution is 9.10. The molecule has 0 saturated carbocycles. The molecular formula is C14H19Br2NO. The van der Waals surface area contributed by atoms with Crippen molar-refractivity contribution in [3.8, 4) is 0 Å². The lowest BCUT2D eigenvalue weighted by atomic mass is 10.1. The van der Waals surface area contributed by atoms with E-state index in [9.17, 15) is 4.79 Å². The van der Waals surface area contributed by atoms with Crippen LogP contribution in [0.4, 0.5) is 0 Å². The first-order valence-electron chi connectivity index (χ1n) is 6.08. The molecule has 0 spiro atoms. The van der Waals surface area contributed by atoms with Gasteiger partial charge in [0.15, 0.2) is 0 Å². The Kier molecular flexibility index (Phi) is 6.36. The van der Waals surface area contributed by atoms with Crippen molar-refractivity contribution in [2.45, 2.75) is 32.0 Å². The van der Waals surface area contributed by atoms with Crippen molar-refractivity contribution in [3.63, 3.8) is 0 Å². The molecule has 1 rings (SSSR count). The van der Waals surface area contributed by atoms with Crippen molar-refractivity contribution >= 4 is 37.8 Å². The van der Waals surface area contributed by atoms with Crippen molar-refractivity contribution in [2.24, 2.45) is 5.92 Å². The lowest BCUT2D eigenvalue weighted by molar-refractivity contribution is 0.0953. The highest BCUT2D eigenvalue weighted by Crippen LogP contribution is 2.16. The molecule has 1 aromatic carbocycles. The van der Waals surface area contributed by atoms with Crippen molar-refractivity contribution in [1.29, 1.82) is 0 Å². The van der Waals surface area contributed by atoms with Gasteiger partial charge in [-0.25, -0.2) is 0 Å². The number of amides is 1. The average molecular weight is 377 g/mol. The lowest BCUT2D eigenvalue weighted by Crippen LogP contribution is -2.30. The highest BCUT2D eigenvalue weighted by atomic mass is 79.9. The molecule has 0 saturated heterocycles. The summed E-state index contributed by atoms with van der Waals surface area (Å²) in [6.45, 7) is 6.98. The predicted molar refractivity (Wildman–Crippen MR) is 83.4 cm³/mol. The van der Waals surface area contributed by atoms with Gasteiger partial charge in [0.2, 0.25) is 0 Å². The predicted octanol–water partition coefficient (Wildman–Crippen LogP) is 4.30. The summed E-state index contributed by atoms with van der Waals surface area (Å²) in [4.78, 5) is 12.3. The molecule has 18 heavy (non-hydrogen) atoms. The number of benzene rings is 1. The summed E-state index contributed by atoms with van der Waals surface area (Å²) in [6.07, 6.45) is 1.05. The first-order chi connectivity index (χ1) is 8.38. The standard InChI is InChI=1S/C14H19Br2NO/c1-9(2)4-13(16)8-17-14(18)11-5-10(3)6-12(15)7-11/h5-7,9,13H,4,8H2,1-3H3,(H,17,18). The maximum Gasteiger partial charge on any atom is 0.251 e. The largest absolute Gasteiger partial charge is 0.351 e. The first-order valence-corrected chi connectivity index (χ1v) is 7.79. The molecule has 0 aliphatic heterocycles. The van der Waals surface area contributed by atoms with Gasteiger partial charge in [-0.1, -0.05) is 45.7 Å². The molecule has 0 aliphatic carbocycles. The molecule has 1 N–H and O–H groups in total. The van der Waals surface area contributed by atoms with Crippen molar-refractivity contribution in [1.82, 2.24) is 5.32 Å². The van der Waals surface area contributed by atoms with E-state index in [0.717, 1.165) is 16.5 Å². The number of rotatable bonds is 5. The van der Waals surface area contributed by atoms with E-state index >= 15 is 0 Å². The summed E-state index contributed by atoms with van der Waals surface area (Å²) in [5.74, 6) is 0.604. The van der Waals surface area contributed by atoms with Crippen LogP contribution in [0.2, 0.25) is 0 Å². The van der Waals surface area contributed by atoms with Crippen LogP contribution in [-0.4, -0.2) is 17.3 Å². The topological polar surface area (TPSA) is 29.1 Å². The molecule has 0 radical (unpaired) electrons. The Balaban J connectivity index is 2.55. The third-order valence-electron chi connectivity index (χ3n) is 2.52. The van der Waals surface area contributed by atoms with Crippen LogP contribution in [0.25, 0.3) is 0 Å². The van der Waals surface area contributed by atoms with Gasteiger partial charge >= 0.3 is 0 Å². The molecule has 1 amide bonds. The van der Waals surface area contributed by atoms with Crippen LogP contribution in [0.5, 0.6) is 0 Å². The fraction of sp³-hybridized carbons (Fsp3) is 0.500. The Bertz CT molecular complexity index is 398. The zero-order valence-electron chi connectivity index (χ0n) is 11.0. The molecule has 0 fully saturated rings. The minimum absolute atomic E-state index is 0.0207. The molecule has 1 atom stereocenters. The van der Waals surface area contributed by atoms with E-state index in [0.29, 0.717) is 22.9 Å². The van der Waals surface area contributed by atoms with E-state index in [-0.39, 0.29) is 5.91 Å². The minimum Gasteiger partial charge on any atom is -0.351 e. The SMILES string of the molecule is Cc1cc(Br)cc(C(=O)NCC(Br)CC(C)C)c1. The van der Waals surface area contributed by atoms with Gasteiger partial charge in [-0.15, -0.1) is 0 Å². The number of aryl methyl sites for hydroxylation is 1. The maximum atomic E-state index is 12.0. The van der Waals surface area contributed by atoms with E-state index in [1.165, 1.54) is 0 Å². The van der Waals surface area contributed by atoms with Gasteiger partial charge in [-0.05, 0) is 43.0 Å². The second kappa shape index (κ2) is 7.29. The smallest absolute Gasteiger partial charge is 0.251 e. The van der Waals surface area contributed by atoms with Crippen molar-refractivity contribution in [2.75, 3.05) is 6.54 Å². The number of hydrogen-bond donors (Lipinski definition) is 1. The van der Waals surface area contributed by atoms with Gasteiger partial charge in [0.05, 0.1) is 0 Å². The van der Waals surface area contributed by atoms with Crippen LogP contribution in [0.3, 0.4) is 0 Å². The quantitative estimate of drug-likeness (QED) is 0.762. The van der Waals surface area contributed by atoms with Gasteiger partial charge in [0.1, 0.15) is 0 Å². The Morgan fingerprint density at radius 1 is 1.33 bits per heavy atom. The van der Waals surface area contributed by atoms with Crippen LogP contribution < -0.4 is 5.32 Å². The molecule has 0 bridgehead atoms. The maximum absolute atomic E-state index is 12.0. The van der Waals surface area contributed by atoms with E-state index in [2.05, 4.69) is 51.0 Å². The Morgan fingerprint density at radius 2 is 2.00 bits per heavy atom. The lowest BCUT2D eigenvalue weighted by Gasteiger charge is -2.13. The molecule has 0 aliphatic rings. The number of carbonyl (C=O) groups excluding carboxylic acids is 1. The van der Waals surface area contributed by atoms with Gasteiger partial charge < -0.3 is 5.32 Å². The fourth-order valence-corrected chi connectivity index (χ4v) is 3.28. The summed E-state index contributed by atoms with van der Waals surface area (Å²) >= 11 is 6.99. The molecular weight excluding hydrogens is 358 g/mol.